The summed E-state index contributed by atoms with van der Waals surface area (Å²) in [6, 6.07) is 1.81. The third-order valence-electron chi connectivity index (χ3n) is 4.60. The molecular weight excluding hydrogens is 262 g/mol. The maximum atomic E-state index is 12.4. The second-order valence-corrected chi connectivity index (χ2v) is 6.38. The number of hydrogen-bond acceptors (Lipinski definition) is 3. The number of rotatable bonds is 2. The Morgan fingerprint density at radius 2 is 2.26 bits per heavy atom. The van der Waals surface area contributed by atoms with E-state index in [9.17, 15) is 14.7 Å². The lowest BCUT2D eigenvalue weighted by atomic mass is 9.68. The van der Waals surface area contributed by atoms with Gasteiger partial charge in [0, 0.05) is 18.5 Å². The molecule has 1 saturated carbocycles. The first-order chi connectivity index (χ1) is 9.13. The maximum absolute atomic E-state index is 12.4. The molecule has 102 valence electrons. The minimum Gasteiger partial charge on any atom is -0.481 e. The summed E-state index contributed by atoms with van der Waals surface area (Å²) in [7, 11) is 0. The van der Waals surface area contributed by atoms with Crippen molar-refractivity contribution in [2.24, 2.45) is 11.3 Å². The summed E-state index contributed by atoms with van der Waals surface area (Å²) in [6.45, 7) is 0.975. The molecule has 1 N–H and O–H groups in total. The van der Waals surface area contributed by atoms with Crippen molar-refractivity contribution in [2.45, 2.75) is 25.7 Å². The Labute approximate surface area is 116 Å². The molecule has 4 nitrogen and oxygen atoms in total. The number of amides is 1. The van der Waals surface area contributed by atoms with Crippen LogP contribution < -0.4 is 0 Å². The van der Waals surface area contributed by atoms with Gasteiger partial charge in [-0.15, -0.1) is 0 Å². The molecule has 1 aromatic heterocycles. The van der Waals surface area contributed by atoms with Crippen molar-refractivity contribution >= 4 is 23.2 Å². The average molecular weight is 279 g/mol. The molecule has 2 aliphatic rings. The number of hydrogen-bond donors (Lipinski definition) is 1. The van der Waals surface area contributed by atoms with Gasteiger partial charge in [-0.2, -0.15) is 11.3 Å². The van der Waals surface area contributed by atoms with Gasteiger partial charge in [0.05, 0.1) is 11.0 Å². The average Bonchev–Trinajstić information content (AvgIpc) is 3.05. The highest BCUT2D eigenvalue weighted by atomic mass is 32.1. The Balaban J connectivity index is 1.84. The first kappa shape index (κ1) is 12.7. The molecule has 0 radical (unpaired) electrons. The van der Waals surface area contributed by atoms with E-state index in [0.29, 0.717) is 25.1 Å². The Morgan fingerprint density at radius 3 is 2.89 bits per heavy atom. The van der Waals surface area contributed by atoms with Gasteiger partial charge in [-0.3, -0.25) is 9.59 Å². The number of carboxylic acid groups (broad SMARTS) is 1. The summed E-state index contributed by atoms with van der Waals surface area (Å²) >= 11 is 1.49. The van der Waals surface area contributed by atoms with Gasteiger partial charge in [-0.05, 0) is 30.2 Å². The van der Waals surface area contributed by atoms with Crippen LogP contribution in [0.4, 0.5) is 0 Å². The number of carbonyl (C=O) groups excluding carboxylic acids is 1. The molecule has 2 atom stereocenters. The van der Waals surface area contributed by atoms with Crippen molar-refractivity contribution in [3.63, 3.8) is 0 Å². The Bertz CT molecular complexity index is 499. The standard InChI is InChI=1S/C14H17NO3S/c16-12(10-4-6-19-8-10)15-7-11-3-1-2-5-14(11,9-15)13(17)18/h4,6,8,11H,1-3,5,7,9H2,(H,17,18)/t11-,14-/m1/s1. The van der Waals surface area contributed by atoms with E-state index in [0.717, 1.165) is 19.3 Å². The van der Waals surface area contributed by atoms with Crippen LogP contribution in [-0.4, -0.2) is 35.0 Å². The number of carbonyl (C=O) groups is 2. The molecule has 3 rings (SSSR count). The van der Waals surface area contributed by atoms with Crippen LogP contribution in [0.3, 0.4) is 0 Å². The van der Waals surface area contributed by atoms with Crippen LogP contribution in [0.1, 0.15) is 36.0 Å². The number of thiophene rings is 1. The molecule has 1 aliphatic carbocycles. The summed E-state index contributed by atoms with van der Waals surface area (Å²) < 4.78 is 0. The van der Waals surface area contributed by atoms with Crippen LogP contribution in [0.15, 0.2) is 16.8 Å². The summed E-state index contributed by atoms with van der Waals surface area (Å²) in [4.78, 5) is 25.8. The number of carboxylic acids is 1. The SMILES string of the molecule is O=C(c1ccsc1)N1C[C@H]2CCCC[C@@]2(C(=O)O)C1. The van der Waals surface area contributed by atoms with Crippen LogP contribution in [0.25, 0.3) is 0 Å². The Hall–Kier alpha value is -1.36. The number of fused-ring (bicyclic) bond motifs is 1. The Kier molecular flexibility index (Phi) is 3.09. The van der Waals surface area contributed by atoms with Gasteiger partial charge in [0.1, 0.15) is 0 Å². The van der Waals surface area contributed by atoms with Crippen molar-refractivity contribution in [1.29, 1.82) is 0 Å². The number of aliphatic carboxylic acids is 1. The summed E-state index contributed by atoms with van der Waals surface area (Å²) in [5, 5.41) is 13.3. The van der Waals surface area contributed by atoms with Crippen LogP contribution in [0.5, 0.6) is 0 Å². The maximum Gasteiger partial charge on any atom is 0.311 e. The zero-order valence-corrected chi connectivity index (χ0v) is 11.5. The van der Waals surface area contributed by atoms with E-state index in [2.05, 4.69) is 0 Å². The second kappa shape index (κ2) is 4.63. The van der Waals surface area contributed by atoms with Gasteiger partial charge in [0.15, 0.2) is 0 Å². The summed E-state index contributed by atoms with van der Waals surface area (Å²) in [6.07, 6.45) is 3.68. The second-order valence-electron chi connectivity index (χ2n) is 5.60. The number of likely N-dealkylation sites (tertiary alicyclic amines) is 1. The van der Waals surface area contributed by atoms with Gasteiger partial charge >= 0.3 is 5.97 Å². The molecule has 1 saturated heterocycles. The summed E-state index contributed by atoms with van der Waals surface area (Å²) in [5.41, 5.74) is -0.00611. The fourth-order valence-corrected chi connectivity index (χ4v) is 4.16. The van der Waals surface area contributed by atoms with E-state index in [-0.39, 0.29) is 11.8 Å². The molecule has 5 heteroatoms. The normalized spacial score (nSPS) is 30.1. The molecule has 0 spiro atoms. The lowest BCUT2D eigenvalue weighted by Crippen LogP contribution is -2.41. The summed E-state index contributed by atoms with van der Waals surface area (Å²) in [5.74, 6) is -0.615. The fraction of sp³-hybridized carbons (Fsp3) is 0.571. The first-order valence-corrected chi connectivity index (χ1v) is 7.63. The third kappa shape index (κ3) is 1.96. The smallest absolute Gasteiger partial charge is 0.311 e. The predicted octanol–water partition coefficient (Wildman–Crippen LogP) is 2.47. The largest absolute Gasteiger partial charge is 0.481 e. The molecule has 19 heavy (non-hydrogen) atoms. The highest BCUT2D eigenvalue weighted by Gasteiger charge is 2.54. The zero-order chi connectivity index (χ0) is 13.5. The van der Waals surface area contributed by atoms with Crippen molar-refractivity contribution in [1.82, 2.24) is 4.90 Å². The predicted molar refractivity (Wildman–Crippen MR) is 72.2 cm³/mol. The van der Waals surface area contributed by atoms with E-state index < -0.39 is 11.4 Å². The molecule has 1 amide bonds. The lowest BCUT2D eigenvalue weighted by molar-refractivity contribution is -0.152. The van der Waals surface area contributed by atoms with Gasteiger partial charge in [-0.25, -0.2) is 0 Å². The topological polar surface area (TPSA) is 57.6 Å². The van der Waals surface area contributed by atoms with Crippen molar-refractivity contribution in [3.05, 3.63) is 22.4 Å². The fourth-order valence-electron chi connectivity index (χ4n) is 3.53. The van der Waals surface area contributed by atoms with E-state index >= 15 is 0 Å². The third-order valence-corrected chi connectivity index (χ3v) is 5.29. The molecule has 0 bridgehead atoms. The first-order valence-electron chi connectivity index (χ1n) is 6.68. The van der Waals surface area contributed by atoms with E-state index in [4.69, 9.17) is 0 Å². The quantitative estimate of drug-likeness (QED) is 0.904. The van der Waals surface area contributed by atoms with Crippen molar-refractivity contribution in [2.75, 3.05) is 13.1 Å². The molecule has 0 unspecified atom stereocenters. The highest BCUT2D eigenvalue weighted by molar-refractivity contribution is 7.08. The van der Waals surface area contributed by atoms with Crippen molar-refractivity contribution in [3.8, 4) is 0 Å². The minimum absolute atomic E-state index is 0.0173. The molecule has 1 aliphatic heterocycles. The van der Waals surface area contributed by atoms with Gasteiger partial charge in [-0.1, -0.05) is 12.8 Å². The molecule has 0 aromatic carbocycles. The minimum atomic E-state index is -0.724. The highest BCUT2D eigenvalue weighted by Crippen LogP contribution is 2.47. The van der Waals surface area contributed by atoms with Crippen LogP contribution in [0, 0.1) is 11.3 Å². The van der Waals surface area contributed by atoms with E-state index in [1.54, 1.807) is 4.90 Å². The van der Waals surface area contributed by atoms with E-state index in [1.807, 2.05) is 16.8 Å². The molecule has 2 heterocycles. The molecule has 1 aromatic rings. The molecular formula is C14H17NO3S. The van der Waals surface area contributed by atoms with Gasteiger partial charge < -0.3 is 10.0 Å². The van der Waals surface area contributed by atoms with Crippen molar-refractivity contribution < 1.29 is 14.7 Å². The van der Waals surface area contributed by atoms with Crippen LogP contribution >= 0.6 is 11.3 Å². The van der Waals surface area contributed by atoms with Gasteiger partial charge in [0.25, 0.3) is 5.91 Å². The van der Waals surface area contributed by atoms with Crippen LogP contribution in [-0.2, 0) is 4.79 Å². The lowest BCUT2D eigenvalue weighted by Gasteiger charge is -2.34. The molecule has 2 fully saturated rings. The van der Waals surface area contributed by atoms with Gasteiger partial charge in [0.2, 0.25) is 0 Å². The van der Waals surface area contributed by atoms with E-state index in [1.165, 1.54) is 11.3 Å². The monoisotopic (exact) mass is 279 g/mol. The van der Waals surface area contributed by atoms with Crippen LogP contribution in [0.2, 0.25) is 0 Å². The number of nitrogens with zero attached hydrogens (tertiary/aromatic N) is 1. The Morgan fingerprint density at radius 1 is 1.42 bits per heavy atom. The zero-order valence-electron chi connectivity index (χ0n) is 10.7.